The summed E-state index contributed by atoms with van der Waals surface area (Å²) in [7, 11) is 0. The van der Waals surface area contributed by atoms with Crippen molar-refractivity contribution in [3.8, 4) is 17.1 Å². The number of nitrogens with zero attached hydrogens (tertiary/aromatic N) is 3. The van der Waals surface area contributed by atoms with Crippen molar-refractivity contribution in [3.05, 3.63) is 96.1 Å². The number of rotatable bonds is 5. The molecule has 0 saturated heterocycles. The first-order chi connectivity index (χ1) is 16.7. The minimum atomic E-state index is -4.51. The second-order valence-electron chi connectivity index (χ2n) is 7.28. The zero-order valence-corrected chi connectivity index (χ0v) is 20.5. The first-order valence-electron chi connectivity index (χ1n) is 9.93. The van der Waals surface area contributed by atoms with Gasteiger partial charge in [-0.2, -0.15) is 22.7 Å². The molecule has 0 aliphatic rings. The van der Waals surface area contributed by atoms with E-state index in [1.807, 2.05) is 12.1 Å². The lowest BCUT2D eigenvalue weighted by molar-refractivity contribution is -0.137. The van der Waals surface area contributed by atoms with Crippen LogP contribution in [0.25, 0.3) is 22.4 Å². The molecule has 3 heterocycles. The average Bonchev–Trinajstić information content (AvgIpc) is 3.50. The van der Waals surface area contributed by atoms with E-state index in [9.17, 15) is 18.0 Å². The van der Waals surface area contributed by atoms with Gasteiger partial charge in [0.2, 0.25) is 4.96 Å². The summed E-state index contributed by atoms with van der Waals surface area (Å²) in [5.41, 5.74) is -1.14. The van der Waals surface area contributed by atoms with E-state index in [2.05, 4.69) is 26.0 Å². The Kier molecular flexibility index (Phi) is 6.16. The number of furan rings is 1. The van der Waals surface area contributed by atoms with Crippen LogP contribution in [0, 0.1) is 0 Å². The number of alkyl halides is 3. The normalized spacial score (nSPS) is 12.5. The summed E-state index contributed by atoms with van der Waals surface area (Å²) in [5, 5.41) is 4.31. The van der Waals surface area contributed by atoms with Gasteiger partial charge in [0.15, 0.2) is 5.82 Å². The molecular formula is C23H12BrClF3N3O3S. The first kappa shape index (κ1) is 23.6. The Bertz CT molecular complexity index is 1640. The number of fused-ring (bicyclic) bond motifs is 1. The van der Waals surface area contributed by atoms with Crippen molar-refractivity contribution in [2.75, 3.05) is 0 Å². The monoisotopic (exact) mass is 581 g/mol. The van der Waals surface area contributed by atoms with Gasteiger partial charge in [0.05, 0.1) is 10.6 Å². The van der Waals surface area contributed by atoms with Crippen molar-refractivity contribution in [2.45, 2.75) is 12.8 Å². The Balaban J connectivity index is 1.39. The highest BCUT2D eigenvalue weighted by Gasteiger charge is 2.31. The molecule has 0 spiro atoms. The molecule has 0 fully saturated rings. The molecule has 0 atom stereocenters. The average molecular weight is 583 g/mol. The van der Waals surface area contributed by atoms with Gasteiger partial charge in [0, 0.05) is 16.1 Å². The van der Waals surface area contributed by atoms with E-state index in [0.717, 1.165) is 27.9 Å². The number of thiazole rings is 1. The summed E-state index contributed by atoms with van der Waals surface area (Å²) in [4.78, 5) is 17.5. The number of aromatic nitrogens is 3. The number of hydrogen-bond acceptors (Lipinski definition) is 6. The minimum absolute atomic E-state index is 0.0911. The predicted octanol–water partition coefficient (Wildman–Crippen LogP) is 5.97. The van der Waals surface area contributed by atoms with Crippen LogP contribution < -0.4 is 14.8 Å². The molecule has 0 aliphatic carbocycles. The fourth-order valence-electron chi connectivity index (χ4n) is 3.21. The molecule has 0 aliphatic heterocycles. The highest BCUT2D eigenvalue weighted by atomic mass is 79.9. The third kappa shape index (κ3) is 4.97. The first-order valence-corrected chi connectivity index (χ1v) is 11.9. The van der Waals surface area contributed by atoms with Gasteiger partial charge in [-0.15, -0.1) is 5.10 Å². The molecule has 178 valence electrons. The van der Waals surface area contributed by atoms with E-state index >= 15 is 0 Å². The summed E-state index contributed by atoms with van der Waals surface area (Å²) >= 11 is 10.5. The maximum absolute atomic E-state index is 13.1. The summed E-state index contributed by atoms with van der Waals surface area (Å²) in [6, 6.07) is 13.3. The Hall–Kier alpha value is -3.15. The maximum Gasteiger partial charge on any atom is 0.416 e. The Morgan fingerprint density at radius 1 is 1.14 bits per heavy atom. The Morgan fingerprint density at radius 2 is 1.91 bits per heavy atom. The van der Waals surface area contributed by atoms with E-state index in [0.29, 0.717) is 21.1 Å². The quantitative estimate of drug-likeness (QED) is 0.255. The molecule has 6 nitrogen and oxygen atoms in total. The van der Waals surface area contributed by atoms with E-state index in [4.69, 9.17) is 20.8 Å². The predicted molar refractivity (Wildman–Crippen MR) is 129 cm³/mol. The van der Waals surface area contributed by atoms with E-state index in [1.165, 1.54) is 22.7 Å². The van der Waals surface area contributed by atoms with Crippen molar-refractivity contribution in [2.24, 2.45) is 0 Å². The van der Waals surface area contributed by atoms with Crippen molar-refractivity contribution >= 4 is 49.9 Å². The van der Waals surface area contributed by atoms with Crippen LogP contribution in [0.5, 0.6) is 5.75 Å². The zero-order valence-electron chi connectivity index (χ0n) is 17.3. The third-order valence-corrected chi connectivity index (χ3v) is 6.68. The number of benzene rings is 2. The Labute approximate surface area is 212 Å². The SMILES string of the molecule is O=c1/c(=C/c2ccc(-c3cc(C(F)(F)F)ccc3Cl)o2)sc2nc(COc3ccc(Br)cc3)nn12. The van der Waals surface area contributed by atoms with Gasteiger partial charge in [-0.25, -0.2) is 0 Å². The van der Waals surface area contributed by atoms with Crippen LogP contribution >= 0.6 is 38.9 Å². The van der Waals surface area contributed by atoms with E-state index in [-0.39, 0.29) is 28.7 Å². The fraction of sp³-hybridized carbons (Fsp3) is 0.0870. The van der Waals surface area contributed by atoms with Crippen LogP contribution in [0.2, 0.25) is 5.02 Å². The minimum Gasteiger partial charge on any atom is -0.486 e. The summed E-state index contributed by atoms with van der Waals surface area (Å²) < 4.78 is 52.9. The molecule has 5 rings (SSSR count). The second-order valence-corrected chi connectivity index (χ2v) is 9.61. The van der Waals surface area contributed by atoms with Gasteiger partial charge in [0.25, 0.3) is 5.56 Å². The molecule has 5 aromatic rings. The maximum atomic E-state index is 13.1. The lowest BCUT2D eigenvalue weighted by atomic mass is 10.1. The lowest BCUT2D eigenvalue weighted by Gasteiger charge is -2.09. The van der Waals surface area contributed by atoms with Crippen LogP contribution in [0.1, 0.15) is 17.1 Å². The molecule has 0 saturated carbocycles. The highest BCUT2D eigenvalue weighted by molar-refractivity contribution is 9.10. The van der Waals surface area contributed by atoms with Crippen LogP contribution in [-0.4, -0.2) is 14.6 Å². The number of hydrogen-bond donors (Lipinski definition) is 0. The van der Waals surface area contributed by atoms with Gasteiger partial charge >= 0.3 is 6.18 Å². The molecule has 2 aromatic carbocycles. The van der Waals surface area contributed by atoms with E-state index in [1.54, 1.807) is 18.2 Å². The van der Waals surface area contributed by atoms with Crippen molar-refractivity contribution in [3.63, 3.8) is 0 Å². The molecule has 0 bridgehead atoms. The van der Waals surface area contributed by atoms with Crippen LogP contribution in [0.4, 0.5) is 13.2 Å². The van der Waals surface area contributed by atoms with E-state index < -0.39 is 17.3 Å². The Morgan fingerprint density at radius 3 is 2.63 bits per heavy atom. The van der Waals surface area contributed by atoms with Gasteiger partial charge < -0.3 is 9.15 Å². The fourth-order valence-corrected chi connectivity index (χ4v) is 4.59. The molecule has 3 aromatic heterocycles. The highest BCUT2D eigenvalue weighted by Crippen LogP contribution is 2.36. The summed E-state index contributed by atoms with van der Waals surface area (Å²) in [6.07, 6.45) is -3.04. The second kappa shape index (κ2) is 9.14. The summed E-state index contributed by atoms with van der Waals surface area (Å²) in [6.45, 7) is 0.0911. The van der Waals surface area contributed by atoms with Crippen molar-refractivity contribution in [1.82, 2.24) is 14.6 Å². The van der Waals surface area contributed by atoms with Crippen molar-refractivity contribution in [1.29, 1.82) is 0 Å². The summed E-state index contributed by atoms with van der Waals surface area (Å²) in [5.74, 6) is 1.40. The topological polar surface area (TPSA) is 69.6 Å². The smallest absolute Gasteiger partial charge is 0.416 e. The number of ether oxygens (including phenoxy) is 1. The molecule has 0 amide bonds. The van der Waals surface area contributed by atoms with Gasteiger partial charge in [-0.3, -0.25) is 4.79 Å². The third-order valence-electron chi connectivity index (χ3n) is 4.87. The molecular weight excluding hydrogens is 571 g/mol. The molecule has 35 heavy (non-hydrogen) atoms. The van der Waals surface area contributed by atoms with Crippen LogP contribution in [0.3, 0.4) is 0 Å². The van der Waals surface area contributed by atoms with Crippen LogP contribution in [-0.2, 0) is 12.8 Å². The van der Waals surface area contributed by atoms with Gasteiger partial charge in [-0.1, -0.05) is 38.9 Å². The standard InChI is InChI=1S/C23H12BrClF3N3O3S/c24-13-2-4-14(5-3-13)33-11-20-29-22-31(30-20)21(32)19(35-22)10-15-6-8-18(34-15)16-9-12(23(26,27)28)1-7-17(16)25/h1-10H,11H2/b19-10-. The zero-order chi connectivity index (χ0) is 24.7. The molecule has 12 heteroatoms. The molecule has 0 radical (unpaired) electrons. The largest absolute Gasteiger partial charge is 0.486 e. The van der Waals surface area contributed by atoms with Crippen LogP contribution in [0.15, 0.2) is 68.3 Å². The van der Waals surface area contributed by atoms with Gasteiger partial charge in [0.1, 0.15) is 28.4 Å². The lowest BCUT2D eigenvalue weighted by Crippen LogP contribution is -2.23. The van der Waals surface area contributed by atoms with Crippen molar-refractivity contribution < 1.29 is 22.3 Å². The van der Waals surface area contributed by atoms with Gasteiger partial charge in [-0.05, 0) is 54.6 Å². The number of halogens is 5. The molecule has 0 unspecified atom stereocenters. The molecule has 0 N–H and O–H groups in total.